The van der Waals surface area contributed by atoms with Crippen molar-refractivity contribution in [2.75, 3.05) is 14.2 Å². The first kappa shape index (κ1) is 23.9. The summed E-state index contributed by atoms with van der Waals surface area (Å²) in [5.74, 6) is 1.03. The number of carbonyl (C=O) groups is 1. The molecule has 9 heteroatoms. The molecule has 0 aliphatic heterocycles. The fraction of sp³-hybridized carbons (Fsp3) is 0.154. The Morgan fingerprint density at radius 3 is 2.37 bits per heavy atom. The van der Waals surface area contributed by atoms with Crippen molar-refractivity contribution in [2.24, 2.45) is 0 Å². The van der Waals surface area contributed by atoms with Crippen molar-refractivity contribution in [3.05, 3.63) is 92.8 Å². The summed E-state index contributed by atoms with van der Waals surface area (Å²) in [6.07, 6.45) is 0. The van der Waals surface area contributed by atoms with Crippen LogP contribution in [-0.4, -0.2) is 30.0 Å². The molecule has 0 aliphatic carbocycles. The molecule has 0 bridgehead atoms. The van der Waals surface area contributed by atoms with Crippen LogP contribution in [0.25, 0.3) is 21.8 Å². The second-order valence-corrected chi connectivity index (χ2v) is 8.60. The van der Waals surface area contributed by atoms with E-state index in [0.29, 0.717) is 29.2 Å². The number of hydrogen-bond acceptors (Lipinski definition) is 7. The zero-order valence-corrected chi connectivity index (χ0v) is 20.2. The fourth-order valence-corrected chi connectivity index (χ4v) is 4.42. The summed E-state index contributed by atoms with van der Waals surface area (Å²) in [5.41, 5.74) is 4.51. The number of rotatable bonds is 8. The lowest BCUT2D eigenvalue weighted by molar-refractivity contribution is -0.385. The first-order chi connectivity index (χ1) is 16.9. The number of methoxy groups -OCH3 is 2. The van der Waals surface area contributed by atoms with E-state index in [1.807, 2.05) is 47.8 Å². The normalized spacial score (nSPS) is 10.6. The largest absolute Gasteiger partial charge is 0.493 e. The Hall–Kier alpha value is -4.24. The predicted octanol–water partition coefficient (Wildman–Crippen LogP) is 5.64. The van der Waals surface area contributed by atoms with E-state index < -0.39 is 4.92 Å². The molecule has 0 aliphatic rings. The summed E-state index contributed by atoms with van der Waals surface area (Å²) in [6.45, 7) is 1.95. The standard InChI is InChI=1S/C26H23N3O5S/c1-16-12-20(8-10-22(16)29(31)32)25(30)27-14-17-4-6-18(7-5-17)26-28-21(15-35-26)19-9-11-23(33-2)24(13-19)34-3/h4-13,15H,14H2,1-3H3,(H,27,30). The Balaban J connectivity index is 1.42. The lowest BCUT2D eigenvalue weighted by atomic mass is 10.1. The third-order valence-electron chi connectivity index (χ3n) is 5.49. The SMILES string of the molecule is COc1ccc(-c2csc(-c3ccc(CNC(=O)c4ccc([N+](=O)[O-])c(C)c4)cc3)n2)cc1OC. The van der Waals surface area contributed by atoms with Crippen LogP contribution in [0, 0.1) is 17.0 Å². The van der Waals surface area contributed by atoms with E-state index in [0.717, 1.165) is 27.4 Å². The highest BCUT2D eigenvalue weighted by Crippen LogP contribution is 2.34. The van der Waals surface area contributed by atoms with Gasteiger partial charge in [-0.05, 0) is 42.8 Å². The predicted molar refractivity (Wildman–Crippen MR) is 135 cm³/mol. The van der Waals surface area contributed by atoms with Crippen molar-refractivity contribution in [3.63, 3.8) is 0 Å². The number of amides is 1. The van der Waals surface area contributed by atoms with E-state index in [4.69, 9.17) is 14.5 Å². The Kier molecular flexibility index (Phi) is 7.07. The molecule has 0 unspecified atom stereocenters. The van der Waals surface area contributed by atoms with Crippen LogP contribution < -0.4 is 14.8 Å². The molecule has 4 aromatic rings. The van der Waals surface area contributed by atoms with Crippen molar-refractivity contribution in [1.82, 2.24) is 10.3 Å². The number of nitrogens with one attached hydrogen (secondary N) is 1. The summed E-state index contributed by atoms with van der Waals surface area (Å²) in [6, 6.07) is 17.8. The molecule has 1 amide bonds. The molecule has 3 aromatic carbocycles. The first-order valence-corrected chi connectivity index (χ1v) is 11.6. The quantitative estimate of drug-likeness (QED) is 0.254. The Morgan fingerprint density at radius 1 is 1.00 bits per heavy atom. The third kappa shape index (κ3) is 5.30. The van der Waals surface area contributed by atoms with Gasteiger partial charge in [0.25, 0.3) is 11.6 Å². The number of nitro benzene ring substituents is 1. The number of carbonyl (C=O) groups excluding carboxylic acids is 1. The van der Waals surface area contributed by atoms with E-state index in [-0.39, 0.29) is 11.6 Å². The minimum atomic E-state index is -0.460. The molecule has 0 spiro atoms. The number of aryl methyl sites for hydroxylation is 1. The molecule has 0 atom stereocenters. The third-order valence-corrected chi connectivity index (χ3v) is 6.38. The van der Waals surface area contributed by atoms with Gasteiger partial charge in [-0.2, -0.15) is 0 Å². The van der Waals surface area contributed by atoms with Crippen LogP contribution in [0.5, 0.6) is 11.5 Å². The van der Waals surface area contributed by atoms with Gasteiger partial charge in [-0.1, -0.05) is 24.3 Å². The van der Waals surface area contributed by atoms with Gasteiger partial charge in [-0.15, -0.1) is 11.3 Å². The summed E-state index contributed by atoms with van der Waals surface area (Å²) < 4.78 is 10.7. The second kappa shape index (κ2) is 10.4. The van der Waals surface area contributed by atoms with Crippen molar-refractivity contribution in [2.45, 2.75) is 13.5 Å². The number of benzene rings is 3. The molecule has 1 heterocycles. The Bertz CT molecular complexity index is 1380. The molecule has 35 heavy (non-hydrogen) atoms. The minimum Gasteiger partial charge on any atom is -0.493 e. The van der Waals surface area contributed by atoms with Crippen LogP contribution in [-0.2, 0) is 6.54 Å². The summed E-state index contributed by atoms with van der Waals surface area (Å²) >= 11 is 1.55. The van der Waals surface area contributed by atoms with Gasteiger partial charge in [0.1, 0.15) is 5.01 Å². The minimum absolute atomic E-state index is 0.00592. The van der Waals surface area contributed by atoms with E-state index in [2.05, 4.69) is 5.32 Å². The fourth-order valence-electron chi connectivity index (χ4n) is 3.59. The summed E-state index contributed by atoms with van der Waals surface area (Å²) in [7, 11) is 3.20. The molecule has 0 fully saturated rings. The number of aromatic nitrogens is 1. The molecule has 1 N–H and O–H groups in total. The van der Waals surface area contributed by atoms with Crippen LogP contribution in [0.4, 0.5) is 5.69 Å². The van der Waals surface area contributed by atoms with Gasteiger partial charge in [-0.3, -0.25) is 14.9 Å². The first-order valence-electron chi connectivity index (χ1n) is 10.7. The maximum atomic E-state index is 12.5. The van der Waals surface area contributed by atoms with Gasteiger partial charge < -0.3 is 14.8 Å². The average Bonchev–Trinajstić information content (AvgIpc) is 3.37. The lowest BCUT2D eigenvalue weighted by Gasteiger charge is -2.08. The molecular formula is C26H23N3O5S. The monoisotopic (exact) mass is 489 g/mol. The van der Waals surface area contributed by atoms with Crippen LogP contribution >= 0.6 is 11.3 Å². The maximum Gasteiger partial charge on any atom is 0.272 e. The number of thiazole rings is 1. The zero-order valence-electron chi connectivity index (χ0n) is 19.4. The Morgan fingerprint density at radius 2 is 1.71 bits per heavy atom. The van der Waals surface area contributed by atoms with Gasteiger partial charge >= 0.3 is 0 Å². The number of nitrogens with zero attached hydrogens (tertiary/aromatic N) is 2. The number of nitro groups is 1. The highest BCUT2D eigenvalue weighted by Gasteiger charge is 2.14. The van der Waals surface area contributed by atoms with Crippen molar-refractivity contribution >= 4 is 22.9 Å². The van der Waals surface area contributed by atoms with E-state index in [1.54, 1.807) is 32.5 Å². The second-order valence-electron chi connectivity index (χ2n) is 7.75. The van der Waals surface area contributed by atoms with Crippen molar-refractivity contribution in [1.29, 1.82) is 0 Å². The average molecular weight is 490 g/mol. The molecule has 178 valence electrons. The molecule has 0 saturated heterocycles. The smallest absolute Gasteiger partial charge is 0.272 e. The van der Waals surface area contributed by atoms with Crippen LogP contribution in [0.2, 0.25) is 0 Å². The zero-order chi connectivity index (χ0) is 24.9. The highest BCUT2D eigenvalue weighted by atomic mass is 32.1. The summed E-state index contributed by atoms with van der Waals surface area (Å²) in [4.78, 5) is 27.7. The van der Waals surface area contributed by atoms with Gasteiger partial charge in [0, 0.05) is 40.2 Å². The molecule has 1 aromatic heterocycles. The van der Waals surface area contributed by atoms with Crippen LogP contribution in [0.1, 0.15) is 21.5 Å². The van der Waals surface area contributed by atoms with Crippen molar-refractivity contribution < 1.29 is 19.2 Å². The molecular weight excluding hydrogens is 466 g/mol. The van der Waals surface area contributed by atoms with Crippen molar-refractivity contribution in [3.8, 4) is 33.3 Å². The van der Waals surface area contributed by atoms with Crippen LogP contribution in [0.3, 0.4) is 0 Å². The van der Waals surface area contributed by atoms with Gasteiger partial charge in [0.2, 0.25) is 0 Å². The lowest BCUT2D eigenvalue weighted by Crippen LogP contribution is -2.22. The highest BCUT2D eigenvalue weighted by molar-refractivity contribution is 7.13. The maximum absolute atomic E-state index is 12.5. The molecule has 0 saturated carbocycles. The molecule has 4 rings (SSSR count). The van der Waals surface area contributed by atoms with Gasteiger partial charge in [-0.25, -0.2) is 4.98 Å². The molecule has 8 nitrogen and oxygen atoms in total. The topological polar surface area (TPSA) is 104 Å². The number of ether oxygens (including phenoxy) is 2. The Labute approximate surface area is 206 Å². The van der Waals surface area contributed by atoms with Gasteiger partial charge in [0.15, 0.2) is 11.5 Å². The van der Waals surface area contributed by atoms with Crippen LogP contribution in [0.15, 0.2) is 66.0 Å². The molecule has 0 radical (unpaired) electrons. The van der Waals surface area contributed by atoms with E-state index in [9.17, 15) is 14.9 Å². The number of hydrogen-bond donors (Lipinski definition) is 1. The summed E-state index contributed by atoms with van der Waals surface area (Å²) in [5, 5.41) is 16.7. The van der Waals surface area contributed by atoms with Gasteiger partial charge in [0.05, 0.1) is 24.8 Å². The van der Waals surface area contributed by atoms with E-state index in [1.165, 1.54) is 18.2 Å². The van der Waals surface area contributed by atoms with E-state index >= 15 is 0 Å².